The first-order chi connectivity index (χ1) is 13.3. The Kier molecular flexibility index (Phi) is 6.07. The first-order valence-electron chi connectivity index (χ1n) is 7.78. The minimum Gasteiger partial charge on any atom is -0.490 e. The summed E-state index contributed by atoms with van der Waals surface area (Å²) in [6, 6.07) is 4.24. The second-order valence-corrected chi connectivity index (χ2v) is 6.08. The molecule has 1 amide bonds. The number of nitro benzene ring substituents is 1. The van der Waals surface area contributed by atoms with Gasteiger partial charge in [-0.25, -0.2) is 8.78 Å². The van der Waals surface area contributed by atoms with Crippen molar-refractivity contribution >= 4 is 17.3 Å². The van der Waals surface area contributed by atoms with E-state index in [4.69, 9.17) is 4.74 Å². The molecule has 0 saturated heterocycles. The number of hydrogen-bond acceptors (Lipinski definition) is 5. The number of anilines is 1. The number of nitrogens with one attached hydrogen (secondary N) is 1. The minimum atomic E-state index is -5.05. The summed E-state index contributed by atoms with van der Waals surface area (Å²) >= 11 is 0. The predicted octanol–water partition coefficient (Wildman–Crippen LogP) is 3.66. The van der Waals surface area contributed by atoms with E-state index in [-0.39, 0.29) is 5.75 Å². The molecule has 2 aromatic rings. The van der Waals surface area contributed by atoms with E-state index >= 15 is 0 Å². The van der Waals surface area contributed by atoms with Gasteiger partial charge in [0.1, 0.15) is 17.9 Å². The molecule has 0 aliphatic carbocycles. The Balaban J connectivity index is 2.15. The molecule has 156 valence electrons. The fraction of sp³-hybridized carbons (Fsp3) is 0.235. The number of rotatable bonds is 6. The predicted molar refractivity (Wildman–Crippen MR) is 89.2 cm³/mol. The van der Waals surface area contributed by atoms with Crippen molar-refractivity contribution in [1.82, 2.24) is 0 Å². The van der Waals surface area contributed by atoms with Gasteiger partial charge in [-0.2, -0.15) is 13.2 Å². The molecule has 2 aromatic carbocycles. The Morgan fingerprint density at radius 2 is 1.83 bits per heavy atom. The van der Waals surface area contributed by atoms with Crippen LogP contribution in [0.2, 0.25) is 0 Å². The number of nitrogens with zero attached hydrogens (tertiary/aromatic N) is 1. The SMILES string of the molecule is C[C@](O)(COc1ccc(F)c(F)c1)C(=O)Nc1ccc([N+](=O)[O-])c(C(F)(F)F)c1. The van der Waals surface area contributed by atoms with Gasteiger partial charge >= 0.3 is 6.18 Å². The van der Waals surface area contributed by atoms with E-state index in [9.17, 15) is 42.0 Å². The van der Waals surface area contributed by atoms with Crippen LogP contribution in [-0.4, -0.2) is 28.1 Å². The minimum absolute atomic E-state index is 0.202. The third-order valence-corrected chi connectivity index (χ3v) is 3.66. The number of nitro groups is 1. The number of amides is 1. The van der Waals surface area contributed by atoms with Crippen molar-refractivity contribution in [2.24, 2.45) is 0 Å². The number of ether oxygens (including phenoxy) is 1. The number of benzene rings is 2. The van der Waals surface area contributed by atoms with E-state index < -0.39 is 57.8 Å². The lowest BCUT2D eigenvalue weighted by Gasteiger charge is -2.23. The zero-order chi connectivity index (χ0) is 22.0. The fourth-order valence-electron chi connectivity index (χ4n) is 2.12. The van der Waals surface area contributed by atoms with Gasteiger partial charge in [-0.05, 0) is 31.2 Å². The van der Waals surface area contributed by atoms with E-state index in [1.165, 1.54) is 0 Å². The molecule has 0 spiro atoms. The van der Waals surface area contributed by atoms with Crippen LogP contribution in [0.3, 0.4) is 0 Å². The van der Waals surface area contributed by atoms with E-state index in [0.29, 0.717) is 18.2 Å². The van der Waals surface area contributed by atoms with Gasteiger partial charge in [-0.1, -0.05) is 0 Å². The number of alkyl halides is 3. The lowest BCUT2D eigenvalue weighted by molar-refractivity contribution is -0.388. The highest BCUT2D eigenvalue weighted by molar-refractivity contribution is 5.97. The third kappa shape index (κ3) is 5.38. The van der Waals surface area contributed by atoms with Gasteiger partial charge in [0.25, 0.3) is 11.6 Å². The topological polar surface area (TPSA) is 102 Å². The van der Waals surface area contributed by atoms with Gasteiger partial charge < -0.3 is 15.2 Å². The van der Waals surface area contributed by atoms with Crippen molar-refractivity contribution in [3.8, 4) is 5.75 Å². The number of carbonyl (C=O) groups is 1. The maximum atomic E-state index is 13.1. The van der Waals surface area contributed by atoms with Crippen LogP contribution in [-0.2, 0) is 11.0 Å². The Morgan fingerprint density at radius 1 is 1.17 bits per heavy atom. The largest absolute Gasteiger partial charge is 0.490 e. The Labute approximate surface area is 159 Å². The molecule has 0 bridgehead atoms. The second-order valence-electron chi connectivity index (χ2n) is 6.08. The molecular formula is C17H13F5N2O5. The Hall–Kier alpha value is -3.28. The summed E-state index contributed by atoms with van der Waals surface area (Å²) < 4.78 is 70.0. The van der Waals surface area contributed by atoms with Gasteiger partial charge in [0.2, 0.25) is 0 Å². The van der Waals surface area contributed by atoms with Crippen molar-refractivity contribution in [3.05, 3.63) is 63.7 Å². The molecule has 2 N–H and O–H groups in total. The lowest BCUT2D eigenvalue weighted by Crippen LogP contribution is -2.45. The van der Waals surface area contributed by atoms with Crippen LogP contribution in [0, 0.1) is 21.7 Å². The summed E-state index contributed by atoms with van der Waals surface area (Å²) in [5, 5.41) is 22.9. The highest BCUT2D eigenvalue weighted by Crippen LogP contribution is 2.37. The Bertz CT molecular complexity index is 946. The molecular weight excluding hydrogens is 407 g/mol. The maximum Gasteiger partial charge on any atom is 0.423 e. The van der Waals surface area contributed by atoms with Gasteiger partial charge in [0.05, 0.1) is 4.92 Å². The molecule has 29 heavy (non-hydrogen) atoms. The molecule has 0 aliphatic heterocycles. The summed E-state index contributed by atoms with van der Waals surface area (Å²) in [5.74, 6) is -3.76. The summed E-state index contributed by atoms with van der Waals surface area (Å²) in [6.07, 6.45) is -5.05. The van der Waals surface area contributed by atoms with Crippen molar-refractivity contribution in [1.29, 1.82) is 0 Å². The van der Waals surface area contributed by atoms with Crippen molar-refractivity contribution in [2.45, 2.75) is 18.7 Å². The molecule has 7 nitrogen and oxygen atoms in total. The molecule has 0 aromatic heterocycles. The van der Waals surface area contributed by atoms with Crippen LogP contribution in [0.15, 0.2) is 36.4 Å². The van der Waals surface area contributed by atoms with Crippen LogP contribution in [0.5, 0.6) is 5.75 Å². The van der Waals surface area contributed by atoms with Crippen LogP contribution in [0.4, 0.5) is 33.3 Å². The highest BCUT2D eigenvalue weighted by Gasteiger charge is 2.39. The van der Waals surface area contributed by atoms with Gasteiger partial charge in [0.15, 0.2) is 17.2 Å². The summed E-state index contributed by atoms with van der Waals surface area (Å²) in [4.78, 5) is 21.7. The molecule has 0 fully saturated rings. The summed E-state index contributed by atoms with van der Waals surface area (Å²) in [7, 11) is 0. The molecule has 0 unspecified atom stereocenters. The van der Waals surface area contributed by atoms with Crippen LogP contribution >= 0.6 is 0 Å². The number of carbonyl (C=O) groups excluding carboxylic acids is 1. The molecule has 1 atom stereocenters. The van der Waals surface area contributed by atoms with Crippen molar-refractivity contribution in [2.75, 3.05) is 11.9 Å². The number of aliphatic hydroxyl groups is 1. The molecule has 0 saturated carbocycles. The quantitative estimate of drug-likeness (QED) is 0.422. The maximum absolute atomic E-state index is 13.1. The average molecular weight is 420 g/mol. The smallest absolute Gasteiger partial charge is 0.423 e. The Morgan fingerprint density at radius 3 is 2.38 bits per heavy atom. The van der Waals surface area contributed by atoms with E-state index in [1.807, 2.05) is 5.32 Å². The molecule has 0 radical (unpaired) electrons. The monoisotopic (exact) mass is 420 g/mol. The first kappa shape index (κ1) is 22.0. The van der Waals surface area contributed by atoms with E-state index in [1.54, 1.807) is 0 Å². The standard InChI is InChI=1S/C17H13F5N2O5/c1-16(26,8-29-10-3-4-12(18)13(19)7-10)15(25)23-9-2-5-14(24(27)28)11(6-9)17(20,21)22/h2-7,26H,8H2,1H3,(H,23,25)/t16-/m0/s1. The molecule has 12 heteroatoms. The molecule has 0 heterocycles. The van der Waals surface area contributed by atoms with E-state index in [0.717, 1.165) is 25.1 Å². The summed E-state index contributed by atoms with van der Waals surface area (Å²) in [6.45, 7) is 0.224. The summed E-state index contributed by atoms with van der Waals surface area (Å²) in [5.41, 5.74) is -5.53. The molecule has 2 rings (SSSR count). The van der Waals surface area contributed by atoms with Crippen LogP contribution in [0.25, 0.3) is 0 Å². The average Bonchev–Trinajstić information content (AvgIpc) is 2.61. The van der Waals surface area contributed by atoms with Crippen molar-refractivity contribution < 1.29 is 41.5 Å². The number of halogens is 5. The second kappa shape index (κ2) is 7.99. The van der Waals surface area contributed by atoms with Gasteiger partial charge in [-0.15, -0.1) is 0 Å². The van der Waals surface area contributed by atoms with E-state index in [2.05, 4.69) is 0 Å². The lowest BCUT2D eigenvalue weighted by atomic mass is 10.1. The van der Waals surface area contributed by atoms with Crippen LogP contribution < -0.4 is 10.1 Å². The fourth-order valence-corrected chi connectivity index (χ4v) is 2.12. The highest BCUT2D eigenvalue weighted by atomic mass is 19.4. The third-order valence-electron chi connectivity index (χ3n) is 3.66. The van der Waals surface area contributed by atoms with Gasteiger partial charge in [-0.3, -0.25) is 14.9 Å². The first-order valence-corrected chi connectivity index (χ1v) is 7.78. The van der Waals surface area contributed by atoms with Crippen LogP contribution in [0.1, 0.15) is 12.5 Å². The zero-order valence-corrected chi connectivity index (χ0v) is 14.6. The molecule has 0 aliphatic rings. The van der Waals surface area contributed by atoms with Crippen molar-refractivity contribution in [3.63, 3.8) is 0 Å². The van der Waals surface area contributed by atoms with Gasteiger partial charge in [0, 0.05) is 17.8 Å². The number of hydrogen-bond donors (Lipinski definition) is 2. The zero-order valence-electron chi connectivity index (χ0n) is 14.6. The normalized spacial score (nSPS) is 13.5.